The quantitative estimate of drug-likeness (QED) is 0.528. The minimum atomic E-state index is -0.215. The van der Waals surface area contributed by atoms with E-state index >= 15 is 0 Å². The van der Waals surface area contributed by atoms with Gasteiger partial charge in [-0.25, -0.2) is 4.68 Å². The first-order chi connectivity index (χ1) is 12.9. The van der Waals surface area contributed by atoms with Crippen molar-refractivity contribution in [2.75, 3.05) is 5.32 Å². The summed E-state index contributed by atoms with van der Waals surface area (Å²) in [6.07, 6.45) is 0.299. The number of rotatable bonds is 7. The van der Waals surface area contributed by atoms with Crippen LogP contribution in [0.5, 0.6) is 0 Å². The highest BCUT2D eigenvalue weighted by molar-refractivity contribution is 9.10. The molecule has 0 spiro atoms. The Morgan fingerprint density at radius 3 is 2.74 bits per heavy atom. The third kappa shape index (κ3) is 5.24. The largest absolute Gasteiger partial charge is 0.325 e. The van der Waals surface area contributed by atoms with Crippen LogP contribution in [0.3, 0.4) is 0 Å². The molecule has 0 saturated carbocycles. The van der Waals surface area contributed by atoms with Gasteiger partial charge in [-0.15, -0.1) is 16.4 Å². The molecule has 0 bridgehead atoms. The molecule has 0 unspecified atom stereocenters. The van der Waals surface area contributed by atoms with Gasteiger partial charge in [-0.2, -0.15) is 0 Å². The number of tetrazole rings is 1. The van der Waals surface area contributed by atoms with Gasteiger partial charge in [0.05, 0.1) is 10.6 Å². The van der Waals surface area contributed by atoms with E-state index in [1.165, 1.54) is 23.1 Å². The van der Waals surface area contributed by atoms with Crippen LogP contribution in [0.1, 0.15) is 27.4 Å². The second-order valence-electron chi connectivity index (χ2n) is 5.71. The van der Waals surface area contributed by atoms with Crippen molar-refractivity contribution in [3.05, 3.63) is 44.6 Å². The first-order valence-electron chi connectivity index (χ1n) is 8.01. The predicted octanol–water partition coefficient (Wildman–Crippen LogP) is 4.10. The standard InChI is InChI=1S/C17H16BrN5O2S2/c1-10-3-6-15(26-10)13(24)5-8-16(25)19-12-9-11(18)4-7-14(12)27-17-20-21-22-23(17)2/h3-4,6-7,9H,5,8H2,1-2H3,(H,19,25). The normalized spacial score (nSPS) is 10.8. The van der Waals surface area contributed by atoms with Crippen molar-refractivity contribution in [1.29, 1.82) is 0 Å². The lowest BCUT2D eigenvalue weighted by molar-refractivity contribution is -0.116. The number of benzene rings is 1. The molecule has 140 valence electrons. The van der Waals surface area contributed by atoms with Crippen LogP contribution in [-0.4, -0.2) is 31.9 Å². The Hall–Kier alpha value is -2.04. The zero-order valence-electron chi connectivity index (χ0n) is 14.6. The first-order valence-corrected chi connectivity index (χ1v) is 10.4. The zero-order valence-corrected chi connectivity index (χ0v) is 17.8. The highest BCUT2D eigenvalue weighted by Crippen LogP contribution is 2.34. The second kappa shape index (κ2) is 8.77. The van der Waals surface area contributed by atoms with Crippen LogP contribution in [-0.2, 0) is 11.8 Å². The summed E-state index contributed by atoms with van der Waals surface area (Å²) in [6.45, 7) is 1.95. The molecule has 3 rings (SSSR count). The highest BCUT2D eigenvalue weighted by Gasteiger charge is 2.14. The molecule has 2 aromatic heterocycles. The third-order valence-corrected chi connectivity index (χ3v) is 6.23. The van der Waals surface area contributed by atoms with Crippen LogP contribution >= 0.6 is 39.0 Å². The molecule has 1 aromatic carbocycles. The number of carbonyl (C=O) groups is 2. The molecule has 0 aliphatic carbocycles. The minimum absolute atomic E-state index is 0.0164. The van der Waals surface area contributed by atoms with Gasteiger partial charge in [0.2, 0.25) is 11.1 Å². The Morgan fingerprint density at radius 2 is 2.07 bits per heavy atom. The van der Waals surface area contributed by atoms with E-state index in [1.54, 1.807) is 17.8 Å². The number of nitrogens with one attached hydrogen (secondary N) is 1. The predicted molar refractivity (Wildman–Crippen MR) is 108 cm³/mol. The summed E-state index contributed by atoms with van der Waals surface area (Å²) in [7, 11) is 1.75. The Morgan fingerprint density at radius 1 is 1.26 bits per heavy atom. The van der Waals surface area contributed by atoms with Gasteiger partial charge in [-0.1, -0.05) is 15.9 Å². The summed E-state index contributed by atoms with van der Waals surface area (Å²) in [5.41, 5.74) is 0.641. The van der Waals surface area contributed by atoms with E-state index in [-0.39, 0.29) is 24.5 Å². The molecule has 0 aliphatic rings. The summed E-state index contributed by atoms with van der Waals surface area (Å²) in [5, 5.41) is 14.8. The lowest BCUT2D eigenvalue weighted by Gasteiger charge is -2.10. The van der Waals surface area contributed by atoms with Crippen molar-refractivity contribution in [2.24, 2.45) is 7.05 Å². The lowest BCUT2D eigenvalue weighted by atomic mass is 10.2. The van der Waals surface area contributed by atoms with Crippen LogP contribution in [0.25, 0.3) is 0 Å². The number of thiophene rings is 1. The van der Waals surface area contributed by atoms with Gasteiger partial charge in [-0.3, -0.25) is 9.59 Å². The van der Waals surface area contributed by atoms with Crippen molar-refractivity contribution < 1.29 is 9.59 Å². The van der Waals surface area contributed by atoms with Crippen molar-refractivity contribution in [3.8, 4) is 0 Å². The SMILES string of the molecule is Cc1ccc(C(=O)CCC(=O)Nc2cc(Br)ccc2Sc2nnnn2C)s1. The Bertz CT molecular complexity index is 985. The summed E-state index contributed by atoms with van der Waals surface area (Å²) in [6, 6.07) is 9.28. The maximum atomic E-state index is 12.4. The molecule has 3 aromatic rings. The van der Waals surface area contributed by atoms with Gasteiger partial charge in [0.1, 0.15) is 0 Å². The molecule has 0 aliphatic heterocycles. The van der Waals surface area contributed by atoms with E-state index in [1.807, 2.05) is 31.2 Å². The molecule has 0 atom stereocenters. The van der Waals surface area contributed by atoms with Gasteiger partial charge in [-0.05, 0) is 59.4 Å². The average Bonchev–Trinajstić information content (AvgIpc) is 3.24. The summed E-state index contributed by atoms with van der Waals surface area (Å²) < 4.78 is 2.39. The molecular formula is C17H16BrN5O2S2. The number of aryl methyl sites for hydroxylation is 2. The van der Waals surface area contributed by atoms with Crippen LogP contribution in [0.2, 0.25) is 0 Å². The van der Waals surface area contributed by atoms with E-state index < -0.39 is 0 Å². The van der Waals surface area contributed by atoms with Crippen LogP contribution in [0.4, 0.5) is 5.69 Å². The number of hydrogen-bond donors (Lipinski definition) is 1. The number of carbonyl (C=O) groups excluding carboxylic acids is 2. The maximum Gasteiger partial charge on any atom is 0.224 e. The minimum Gasteiger partial charge on any atom is -0.325 e. The number of halogens is 1. The van der Waals surface area contributed by atoms with Gasteiger partial charge >= 0.3 is 0 Å². The van der Waals surface area contributed by atoms with E-state index in [2.05, 4.69) is 36.8 Å². The molecule has 10 heteroatoms. The van der Waals surface area contributed by atoms with Gasteiger partial charge in [0, 0.05) is 34.1 Å². The monoisotopic (exact) mass is 465 g/mol. The summed E-state index contributed by atoms with van der Waals surface area (Å²) in [4.78, 5) is 27.1. The topological polar surface area (TPSA) is 89.8 Å². The molecule has 7 nitrogen and oxygen atoms in total. The smallest absolute Gasteiger partial charge is 0.224 e. The Labute approximate surface area is 172 Å². The number of anilines is 1. The van der Waals surface area contributed by atoms with Gasteiger partial charge < -0.3 is 5.32 Å². The zero-order chi connectivity index (χ0) is 19.4. The number of aromatic nitrogens is 4. The van der Waals surface area contributed by atoms with Crippen molar-refractivity contribution in [3.63, 3.8) is 0 Å². The lowest BCUT2D eigenvalue weighted by Crippen LogP contribution is -2.14. The summed E-state index contributed by atoms with van der Waals surface area (Å²) in [5.74, 6) is -0.232. The third-order valence-electron chi connectivity index (χ3n) is 3.59. The highest BCUT2D eigenvalue weighted by atomic mass is 79.9. The number of hydrogen-bond acceptors (Lipinski definition) is 7. The Balaban J connectivity index is 1.65. The fourth-order valence-corrected chi connectivity index (χ4v) is 4.24. The molecule has 0 fully saturated rings. The first kappa shape index (κ1) is 19.7. The van der Waals surface area contributed by atoms with Crippen molar-refractivity contribution in [1.82, 2.24) is 20.2 Å². The Kier molecular flexibility index (Phi) is 6.40. The number of amides is 1. The van der Waals surface area contributed by atoms with E-state index in [0.717, 1.165) is 14.2 Å². The van der Waals surface area contributed by atoms with E-state index in [4.69, 9.17) is 0 Å². The van der Waals surface area contributed by atoms with E-state index in [0.29, 0.717) is 15.7 Å². The molecule has 1 amide bonds. The molecule has 27 heavy (non-hydrogen) atoms. The maximum absolute atomic E-state index is 12.4. The molecular weight excluding hydrogens is 450 g/mol. The summed E-state index contributed by atoms with van der Waals surface area (Å²) >= 11 is 6.21. The fourth-order valence-electron chi connectivity index (χ4n) is 2.24. The second-order valence-corrected chi connectivity index (χ2v) is 8.92. The number of ketones is 1. The average molecular weight is 466 g/mol. The van der Waals surface area contributed by atoms with Crippen LogP contribution in [0, 0.1) is 6.92 Å². The molecule has 1 N–H and O–H groups in total. The van der Waals surface area contributed by atoms with E-state index in [9.17, 15) is 9.59 Å². The number of nitrogens with zero attached hydrogens (tertiary/aromatic N) is 4. The van der Waals surface area contributed by atoms with Gasteiger partial charge in [0.15, 0.2) is 5.78 Å². The van der Waals surface area contributed by atoms with Crippen LogP contribution < -0.4 is 5.32 Å². The van der Waals surface area contributed by atoms with Crippen molar-refractivity contribution >= 4 is 56.4 Å². The van der Waals surface area contributed by atoms with Gasteiger partial charge in [0.25, 0.3) is 0 Å². The molecule has 2 heterocycles. The van der Waals surface area contributed by atoms with Crippen molar-refractivity contribution in [2.45, 2.75) is 29.8 Å². The molecule has 0 radical (unpaired) electrons. The van der Waals surface area contributed by atoms with Crippen LogP contribution in [0.15, 0.2) is 44.9 Å². The fraction of sp³-hybridized carbons (Fsp3) is 0.235. The number of Topliss-reactive ketones (excluding diaryl/α,β-unsaturated/α-hetero) is 1. The molecule has 0 saturated heterocycles.